The lowest BCUT2D eigenvalue weighted by Crippen LogP contribution is -2.34. The molecule has 1 rings (SSSR count). The maximum absolute atomic E-state index is 6.10. The largest absolute Gasteiger partial charge is 0.328 e. The van der Waals surface area contributed by atoms with Gasteiger partial charge in [-0.2, -0.15) is 0 Å². The van der Waals surface area contributed by atoms with Crippen LogP contribution in [0.1, 0.15) is 58.3 Å². The Bertz CT molecular complexity index is 141. The summed E-state index contributed by atoms with van der Waals surface area (Å²) >= 11 is 0. The van der Waals surface area contributed by atoms with Crippen LogP contribution < -0.4 is 5.73 Å². The van der Waals surface area contributed by atoms with E-state index in [1.54, 1.807) is 0 Å². The van der Waals surface area contributed by atoms with Crippen LogP contribution in [0.25, 0.3) is 0 Å². The van der Waals surface area contributed by atoms with E-state index in [1.807, 2.05) is 0 Å². The summed E-state index contributed by atoms with van der Waals surface area (Å²) < 4.78 is 0. The third-order valence-corrected chi connectivity index (χ3v) is 3.44. The van der Waals surface area contributed by atoms with E-state index in [9.17, 15) is 0 Å². The van der Waals surface area contributed by atoms with E-state index in [4.69, 9.17) is 5.73 Å². The van der Waals surface area contributed by atoms with Gasteiger partial charge in [0.2, 0.25) is 0 Å². The minimum absolute atomic E-state index is 0.443. The van der Waals surface area contributed by atoms with Crippen molar-refractivity contribution in [2.24, 2.45) is 5.73 Å². The molecule has 1 aliphatic rings. The fourth-order valence-corrected chi connectivity index (χ4v) is 2.33. The van der Waals surface area contributed by atoms with Crippen molar-refractivity contribution in [3.05, 3.63) is 0 Å². The molecule has 0 aromatic heterocycles. The number of hydrogen-bond acceptors (Lipinski definition) is 2. The molecule has 1 fully saturated rings. The summed E-state index contributed by atoms with van der Waals surface area (Å²) in [4.78, 5) is 2.59. The predicted octanol–water partition coefficient (Wildman–Crippen LogP) is 2.77. The molecule has 0 saturated carbocycles. The standard InChI is InChI=1S/C13H28N2/c1-2-3-5-8-13(14)9-12-15-10-6-4-7-11-15/h13H,2-12,14H2,1H3/t13-/m1/s1. The number of nitrogens with zero attached hydrogens (tertiary/aromatic N) is 1. The molecular weight excluding hydrogens is 184 g/mol. The first-order valence-electron chi connectivity index (χ1n) is 6.81. The quantitative estimate of drug-likeness (QED) is 0.658. The van der Waals surface area contributed by atoms with Gasteiger partial charge in [-0.15, -0.1) is 0 Å². The highest BCUT2D eigenvalue weighted by atomic mass is 15.1. The van der Waals surface area contributed by atoms with Crippen LogP contribution in [0.3, 0.4) is 0 Å². The lowest BCUT2D eigenvalue weighted by Gasteiger charge is -2.27. The molecule has 0 aliphatic carbocycles. The first-order chi connectivity index (χ1) is 7.33. The summed E-state index contributed by atoms with van der Waals surface area (Å²) in [5.41, 5.74) is 6.10. The smallest absolute Gasteiger partial charge is 0.00510 e. The zero-order valence-corrected chi connectivity index (χ0v) is 10.4. The second-order valence-corrected chi connectivity index (χ2v) is 4.95. The normalized spacial score (nSPS) is 20.4. The first kappa shape index (κ1) is 13.0. The molecule has 0 aromatic carbocycles. The van der Waals surface area contributed by atoms with Crippen molar-refractivity contribution in [3.63, 3.8) is 0 Å². The number of likely N-dealkylation sites (tertiary alicyclic amines) is 1. The van der Waals surface area contributed by atoms with Gasteiger partial charge in [0.05, 0.1) is 0 Å². The number of nitrogens with two attached hydrogens (primary N) is 1. The molecule has 15 heavy (non-hydrogen) atoms. The first-order valence-corrected chi connectivity index (χ1v) is 6.81. The van der Waals surface area contributed by atoms with Crippen molar-refractivity contribution in [2.45, 2.75) is 64.3 Å². The molecule has 2 heteroatoms. The van der Waals surface area contributed by atoms with E-state index in [0.29, 0.717) is 6.04 Å². The molecule has 1 atom stereocenters. The van der Waals surface area contributed by atoms with Crippen molar-refractivity contribution in [3.8, 4) is 0 Å². The minimum Gasteiger partial charge on any atom is -0.328 e. The van der Waals surface area contributed by atoms with E-state index >= 15 is 0 Å². The number of unbranched alkanes of at least 4 members (excludes halogenated alkanes) is 2. The molecule has 90 valence electrons. The molecule has 2 nitrogen and oxygen atoms in total. The molecular formula is C13H28N2. The van der Waals surface area contributed by atoms with Gasteiger partial charge < -0.3 is 10.6 Å². The highest BCUT2D eigenvalue weighted by molar-refractivity contribution is 4.68. The Kier molecular flexibility index (Phi) is 7.03. The highest BCUT2D eigenvalue weighted by Gasteiger charge is 2.11. The monoisotopic (exact) mass is 212 g/mol. The molecule has 0 spiro atoms. The summed E-state index contributed by atoms with van der Waals surface area (Å²) in [6.07, 6.45) is 10.6. The van der Waals surface area contributed by atoms with Crippen molar-refractivity contribution >= 4 is 0 Å². The Morgan fingerprint density at radius 1 is 1.07 bits per heavy atom. The molecule has 0 radical (unpaired) electrons. The van der Waals surface area contributed by atoms with Crippen LogP contribution in [0, 0.1) is 0 Å². The lowest BCUT2D eigenvalue weighted by molar-refractivity contribution is 0.219. The topological polar surface area (TPSA) is 29.3 Å². The zero-order chi connectivity index (χ0) is 10.9. The Balaban J connectivity index is 1.97. The summed E-state index contributed by atoms with van der Waals surface area (Å²) in [5, 5.41) is 0. The van der Waals surface area contributed by atoms with E-state index in [1.165, 1.54) is 71.0 Å². The fraction of sp³-hybridized carbons (Fsp3) is 1.00. The van der Waals surface area contributed by atoms with Crippen LogP contribution in [0.2, 0.25) is 0 Å². The third kappa shape index (κ3) is 6.16. The Morgan fingerprint density at radius 3 is 2.47 bits per heavy atom. The molecule has 0 bridgehead atoms. The summed E-state index contributed by atoms with van der Waals surface area (Å²) in [6, 6.07) is 0.443. The highest BCUT2D eigenvalue weighted by Crippen LogP contribution is 2.10. The van der Waals surface area contributed by atoms with Crippen LogP contribution in [0.4, 0.5) is 0 Å². The summed E-state index contributed by atoms with van der Waals surface area (Å²) in [6.45, 7) is 6.09. The van der Waals surface area contributed by atoms with E-state index in [-0.39, 0.29) is 0 Å². The van der Waals surface area contributed by atoms with Crippen molar-refractivity contribution in [1.82, 2.24) is 4.90 Å². The number of hydrogen-bond donors (Lipinski definition) is 1. The molecule has 0 aromatic rings. The molecule has 2 N–H and O–H groups in total. The Morgan fingerprint density at radius 2 is 1.80 bits per heavy atom. The van der Waals surface area contributed by atoms with Crippen molar-refractivity contribution in [1.29, 1.82) is 0 Å². The molecule has 0 amide bonds. The molecule has 1 aliphatic heterocycles. The van der Waals surface area contributed by atoms with Gasteiger partial charge >= 0.3 is 0 Å². The van der Waals surface area contributed by atoms with Gasteiger partial charge in [-0.3, -0.25) is 0 Å². The van der Waals surface area contributed by atoms with Crippen LogP contribution in [-0.2, 0) is 0 Å². The average molecular weight is 212 g/mol. The van der Waals surface area contributed by atoms with E-state index in [0.717, 1.165) is 0 Å². The fourth-order valence-electron chi connectivity index (χ4n) is 2.33. The third-order valence-electron chi connectivity index (χ3n) is 3.44. The van der Waals surface area contributed by atoms with Gasteiger partial charge in [0, 0.05) is 6.04 Å². The predicted molar refractivity (Wildman–Crippen MR) is 67.0 cm³/mol. The minimum atomic E-state index is 0.443. The second kappa shape index (κ2) is 8.12. The molecule has 1 saturated heterocycles. The van der Waals surface area contributed by atoms with E-state index in [2.05, 4.69) is 11.8 Å². The lowest BCUT2D eigenvalue weighted by atomic mass is 10.1. The van der Waals surface area contributed by atoms with Gasteiger partial charge in [0.25, 0.3) is 0 Å². The maximum atomic E-state index is 6.10. The SMILES string of the molecule is CCCCC[C@@H](N)CCN1CCCCC1. The van der Waals surface area contributed by atoms with Gasteiger partial charge in [-0.05, 0) is 45.3 Å². The van der Waals surface area contributed by atoms with Gasteiger partial charge in [0.15, 0.2) is 0 Å². The summed E-state index contributed by atoms with van der Waals surface area (Å²) in [5.74, 6) is 0. The Labute approximate surface area is 95.2 Å². The zero-order valence-electron chi connectivity index (χ0n) is 10.4. The number of rotatable bonds is 7. The van der Waals surface area contributed by atoms with Crippen molar-refractivity contribution in [2.75, 3.05) is 19.6 Å². The van der Waals surface area contributed by atoms with Gasteiger partial charge in [0.1, 0.15) is 0 Å². The van der Waals surface area contributed by atoms with Crippen LogP contribution in [0.15, 0.2) is 0 Å². The average Bonchev–Trinajstić information content (AvgIpc) is 2.28. The maximum Gasteiger partial charge on any atom is 0.00510 e. The van der Waals surface area contributed by atoms with Gasteiger partial charge in [-0.1, -0.05) is 32.6 Å². The van der Waals surface area contributed by atoms with Crippen LogP contribution >= 0.6 is 0 Å². The van der Waals surface area contributed by atoms with Crippen LogP contribution in [-0.4, -0.2) is 30.6 Å². The second-order valence-electron chi connectivity index (χ2n) is 4.95. The molecule has 0 unspecified atom stereocenters. The van der Waals surface area contributed by atoms with Crippen molar-refractivity contribution < 1.29 is 0 Å². The summed E-state index contributed by atoms with van der Waals surface area (Å²) in [7, 11) is 0. The van der Waals surface area contributed by atoms with E-state index < -0.39 is 0 Å². The van der Waals surface area contributed by atoms with Gasteiger partial charge in [-0.25, -0.2) is 0 Å². The molecule has 1 heterocycles. The number of piperidine rings is 1. The Hall–Kier alpha value is -0.0800. The van der Waals surface area contributed by atoms with Crippen LogP contribution in [0.5, 0.6) is 0 Å².